The number of hydrogen-bond donors (Lipinski definition) is 1. The molecule has 1 aliphatic heterocycles. The zero-order valence-electron chi connectivity index (χ0n) is 21.8. The van der Waals surface area contributed by atoms with E-state index >= 15 is 0 Å². The van der Waals surface area contributed by atoms with Crippen LogP contribution in [0, 0.1) is 6.92 Å². The van der Waals surface area contributed by atoms with Crippen LogP contribution in [-0.4, -0.2) is 47.8 Å². The lowest BCUT2D eigenvalue weighted by molar-refractivity contribution is -0.274. The van der Waals surface area contributed by atoms with Crippen LogP contribution in [0.3, 0.4) is 0 Å². The van der Waals surface area contributed by atoms with Crippen LogP contribution in [-0.2, 0) is 13.0 Å². The second kappa shape index (κ2) is 10.9. The lowest BCUT2D eigenvalue weighted by Crippen LogP contribution is -2.46. The number of anilines is 2. The number of aromatic nitrogens is 2. The highest BCUT2D eigenvalue weighted by molar-refractivity contribution is 5.94. The molecular formula is C29H30F3N5O2. The number of alkyl halides is 3. The predicted octanol–water partition coefficient (Wildman–Crippen LogP) is 5.36. The van der Waals surface area contributed by atoms with Crippen LogP contribution in [0.25, 0.3) is 5.65 Å². The number of benzene rings is 2. The summed E-state index contributed by atoms with van der Waals surface area (Å²) in [5.74, 6) is -0.372. The maximum Gasteiger partial charge on any atom is 0.573 e. The van der Waals surface area contributed by atoms with Gasteiger partial charge in [0.1, 0.15) is 17.1 Å². The summed E-state index contributed by atoms with van der Waals surface area (Å²) < 4.78 is 43.0. The standard InChI is InChI=1S/C29H30F3N5O2/c1-3-25-27(37-19-20(2)4-13-26(37)34-25)28(38)33-18-21-5-7-22(8-6-21)35-14-16-36(17-15-35)23-9-11-24(12-10-23)39-29(30,31)32/h4-13,19H,3,14-18H2,1-2H3,(H,33,38). The molecule has 1 N–H and O–H groups in total. The maximum atomic E-state index is 13.1. The van der Waals surface area contributed by atoms with Gasteiger partial charge in [0.15, 0.2) is 0 Å². The third kappa shape index (κ3) is 6.10. The maximum absolute atomic E-state index is 13.1. The fourth-order valence-electron chi connectivity index (χ4n) is 4.86. The number of hydrogen-bond acceptors (Lipinski definition) is 5. The van der Waals surface area contributed by atoms with Crippen LogP contribution in [0.4, 0.5) is 24.5 Å². The number of halogens is 3. The van der Waals surface area contributed by atoms with Gasteiger partial charge in [0.05, 0.1) is 5.69 Å². The summed E-state index contributed by atoms with van der Waals surface area (Å²) in [4.78, 5) is 22.1. The van der Waals surface area contributed by atoms with Gasteiger partial charge in [0, 0.05) is 50.3 Å². The summed E-state index contributed by atoms with van der Waals surface area (Å²) in [6.45, 7) is 7.44. The molecule has 0 saturated carbocycles. The summed E-state index contributed by atoms with van der Waals surface area (Å²) in [7, 11) is 0. The second-order valence-corrected chi connectivity index (χ2v) is 9.56. The Kier molecular flexibility index (Phi) is 7.36. The molecule has 0 aliphatic carbocycles. The van der Waals surface area contributed by atoms with Crippen molar-refractivity contribution in [3.8, 4) is 5.75 Å². The van der Waals surface area contributed by atoms with Crippen LogP contribution in [0.15, 0.2) is 66.9 Å². The van der Waals surface area contributed by atoms with Crippen molar-refractivity contribution in [2.24, 2.45) is 0 Å². The smallest absolute Gasteiger partial charge is 0.406 e. The van der Waals surface area contributed by atoms with E-state index in [0.717, 1.165) is 60.0 Å². The molecular weight excluding hydrogens is 507 g/mol. The number of piperazine rings is 1. The van der Waals surface area contributed by atoms with Crippen LogP contribution >= 0.6 is 0 Å². The van der Waals surface area contributed by atoms with E-state index in [4.69, 9.17) is 0 Å². The number of aryl methyl sites for hydroxylation is 2. The topological polar surface area (TPSA) is 62.1 Å². The highest BCUT2D eigenvalue weighted by atomic mass is 19.4. The molecule has 0 unspecified atom stereocenters. The molecule has 3 heterocycles. The van der Waals surface area contributed by atoms with Crippen molar-refractivity contribution in [2.75, 3.05) is 36.0 Å². The van der Waals surface area contributed by atoms with E-state index in [0.29, 0.717) is 18.7 Å². The molecule has 7 nitrogen and oxygen atoms in total. The number of carbonyl (C=O) groups is 1. The van der Waals surface area contributed by atoms with Gasteiger partial charge in [0.25, 0.3) is 5.91 Å². The minimum Gasteiger partial charge on any atom is -0.406 e. The first kappa shape index (κ1) is 26.4. The van der Waals surface area contributed by atoms with Crippen LogP contribution in [0.1, 0.15) is 34.2 Å². The Morgan fingerprint density at radius 2 is 1.51 bits per heavy atom. The third-order valence-electron chi connectivity index (χ3n) is 6.86. The molecule has 2 aromatic carbocycles. The zero-order valence-corrected chi connectivity index (χ0v) is 21.8. The van der Waals surface area contributed by atoms with E-state index in [1.54, 1.807) is 12.1 Å². The normalized spacial score (nSPS) is 14.1. The number of amides is 1. The Morgan fingerprint density at radius 3 is 2.08 bits per heavy atom. The zero-order chi connectivity index (χ0) is 27.6. The molecule has 1 aliphatic rings. The lowest BCUT2D eigenvalue weighted by atomic mass is 10.1. The summed E-state index contributed by atoms with van der Waals surface area (Å²) in [5.41, 5.74) is 6.12. The minimum atomic E-state index is -4.69. The fraction of sp³-hybridized carbons (Fsp3) is 0.310. The first-order valence-corrected chi connectivity index (χ1v) is 12.9. The van der Waals surface area contributed by atoms with Crippen molar-refractivity contribution in [2.45, 2.75) is 33.2 Å². The number of imidazole rings is 1. The molecule has 0 radical (unpaired) electrons. The van der Waals surface area contributed by atoms with Crippen molar-refractivity contribution in [1.29, 1.82) is 0 Å². The number of carbonyl (C=O) groups excluding carboxylic acids is 1. The molecule has 0 bridgehead atoms. The molecule has 1 fully saturated rings. The quantitative estimate of drug-likeness (QED) is 0.344. The van der Waals surface area contributed by atoms with Crippen LogP contribution in [0.2, 0.25) is 0 Å². The van der Waals surface area contributed by atoms with Crippen molar-refractivity contribution < 1.29 is 22.7 Å². The fourth-order valence-corrected chi connectivity index (χ4v) is 4.86. The SMILES string of the molecule is CCc1nc2ccc(C)cn2c1C(=O)NCc1ccc(N2CCN(c3ccc(OC(F)(F)F)cc3)CC2)cc1. The van der Waals surface area contributed by atoms with Gasteiger partial charge in [0.2, 0.25) is 0 Å². The first-order valence-electron chi connectivity index (χ1n) is 12.9. The van der Waals surface area contributed by atoms with E-state index in [9.17, 15) is 18.0 Å². The van der Waals surface area contributed by atoms with E-state index in [1.807, 2.05) is 48.7 Å². The van der Waals surface area contributed by atoms with Crippen molar-refractivity contribution in [3.05, 3.63) is 89.4 Å². The molecule has 2 aromatic heterocycles. The number of fused-ring (bicyclic) bond motifs is 1. The average Bonchev–Trinajstić information content (AvgIpc) is 3.29. The molecule has 204 valence electrons. The minimum absolute atomic E-state index is 0.150. The van der Waals surface area contributed by atoms with Gasteiger partial charge < -0.3 is 19.9 Å². The lowest BCUT2D eigenvalue weighted by Gasteiger charge is -2.37. The molecule has 5 rings (SSSR count). The number of ether oxygens (including phenoxy) is 1. The Bertz CT molecular complexity index is 1440. The van der Waals surface area contributed by atoms with Crippen LogP contribution in [0.5, 0.6) is 5.75 Å². The molecule has 0 atom stereocenters. The van der Waals surface area contributed by atoms with Gasteiger partial charge >= 0.3 is 6.36 Å². The summed E-state index contributed by atoms with van der Waals surface area (Å²) in [5, 5.41) is 3.04. The summed E-state index contributed by atoms with van der Waals surface area (Å²) in [6, 6.07) is 18.0. The van der Waals surface area contributed by atoms with Crippen molar-refractivity contribution in [1.82, 2.24) is 14.7 Å². The van der Waals surface area contributed by atoms with Crippen LogP contribution < -0.4 is 19.9 Å². The predicted molar refractivity (Wildman–Crippen MR) is 144 cm³/mol. The Balaban J connectivity index is 1.16. The van der Waals surface area contributed by atoms with Gasteiger partial charge in [-0.05, 0) is 66.9 Å². The van der Waals surface area contributed by atoms with Gasteiger partial charge in [-0.1, -0.05) is 25.1 Å². The third-order valence-corrected chi connectivity index (χ3v) is 6.86. The summed E-state index contributed by atoms with van der Waals surface area (Å²) in [6.07, 6.45) is -2.09. The van der Waals surface area contributed by atoms with Gasteiger partial charge in [-0.3, -0.25) is 9.20 Å². The molecule has 10 heteroatoms. The highest BCUT2D eigenvalue weighted by Gasteiger charge is 2.31. The Labute approximate surface area is 224 Å². The molecule has 4 aromatic rings. The number of rotatable bonds is 7. The number of pyridine rings is 1. The molecule has 39 heavy (non-hydrogen) atoms. The molecule has 1 saturated heterocycles. The number of nitrogens with one attached hydrogen (secondary N) is 1. The van der Waals surface area contributed by atoms with Gasteiger partial charge in [-0.15, -0.1) is 13.2 Å². The average molecular weight is 538 g/mol. The van der Waals surface area contributed by atoms with E-state index in [1.165, 1.54) is 12.1 Å². The van der Waals surface area contributed by atoms with E-state index in [-0.39, 0.29) is 11.7 Å². The molecule has 0 spiro atoms. The van der Waals surface area contributed by atoms with Crippen molar-refractivity contribution >= 4 is 22.9 Å². The first-order chi connectivity index (χ1) is 18.7. The molecule has 1 amide bonds. The van der Waals surface area contributed by atoms with Gasteiger partial charge in [-0.25, -0.2) is 4.98 Å². The Hall–Kier alpha value is -4.21. The van der Waals surface area contributed by atoms with E-state index in [2.05, 4.69) is 37.0 Å². The van der Waals surface area contributed by atoms with Gasteiger partial charge in [-0.2, -0.15) is 0 Å². The Morgan fingerprint density at radius 1 is 0.923 bits per heavy atom. The second-order valence-electron chi connectivity index (χ2n) is 9.56. The monoisotopic (exact) mass is 537 g/mol. The highest BCUT2D eigenvalue weighted by Crippen LogP contribution is 2.27. The van der Waals surface area contributed by atoms with E-state index < -0.39 is 6.36 Å². The number of nitrogens with zero attached hydrogens (tertiary/aromatic N) is 4. The largest absolute Gasteiger partial charge is 0.573 e. The summed E-state index contributed by atoms with van der Waals surface area (Å²) >= 11 is 0. The van der Waals surface area contributed by atoms with Crippen molar-refractivity contribution in [3.63, 3.8) is 0 Å².